The molecule has 0 bridgehead atoms. The molecule has 2 unspecified atom stereocenters. The minimum atomic E-state index is -0.518. The quantitative estimate of drug-likeness (QED) is 0.0637. The summed E-state index contributed by atoms with van der Waals surface area (Å²) >= 11 is 0. The number of nitrogens with one attached hydrogen (secondary N) is 2. The molecule has 0 aliphatic heterocycles. The van der Waals surface area contributed by atoms with Gasteiger partial charge in [-0.15, -0.1) is 0 Å². The number of esters is 2. The monoisotopic (exact) mass is 658 g/mol. The van der Waals surface area contributed by atoms with Crippen molar-refractivity contribution in [2.45, 2.75) is 58.9 Å². The third-order valence-corrected chi connectivity index (χ3v) is 6.78. The van der Waals surface area contributed by atoms with Crippen LogP contribution in [0.1, 0.15) is 52.9 Å². The Labute approximate surface area is 272 Å². The number of rotatable bonds is 25. The maximum absolute atomic E-state index is 12.4. The van der Waals surface area contributed by atoms with Gasteiger partial charge in [-0.25, -0.2) is 19.2 Å². The molecule has 0 aromatic rings. The van der Waals surface area contributed by atoms with Gasteiger partial charge in [-0.05, 0) is 42.9 Å². The van der Waals surface area contributed by atoms with E-state index in [1.807, 2.05) is 0 Å². The Morgan fingerprint density at radius 3 is 1.52 bits per heavy atom. The van der Waals surface area contributed by atoms with Crippen LogP contribution in [0.5, 0.6) is 0 Å². The summed E-state index contributed by atoms with van der Waals surface area (Å²) in [6.45, 7) is 16.9. The molecule has 0 radical (unpaired) electrons. The van der Waals surface area contributed by atoms with Gasteiger partial charge in [-0.3, -0.25) is 0 Å². The van der Waals surface area contributed by atoms with Crippen LogP contribution >= 0.6 is 0 Å². The second kappa shape index (κ2) is 24.0. The lowest BCUT2D eigenvalue weighted by Crippen LogP contribution is -2.50. The van der Waals surface area contributed by atoms with Crippen LogP contribution in [0, 0.1) is 10.8 Å². The average molecular weight is 659 g/mol. The molecule has 0 aromatic heterocycles. The van der Waals surface area contributed by atoms with Gasteiger partial charge in [0.05, 0.1) is 26.4 Å². The highest BCUT2D eigenvalue weighted by Gasteiger charge is 2.42. The van der Waals surface area contributed by atoms with E-state index in [1.54, 1.807) is 0 Å². The largest absolute Gasteiger partial charge is 0.460 e. The van der Waals surface area contributed by atoms with Gasteiger partial charge in [-0.1, -0.05) is 33.9 Å². The van der Waals surface area contributed by atoms with Crippen LogP contribution in [0.25, 0.3) is 0 Å². The first-order valence-corrected chi connectivity index (χ1v) is 15.7. The van der Waals surface area contributed by atoms with Crippen LogP contribution in [0.4, 0.5) is 9.59 Å². The molecule has 14 nitrogen and oxygen atoms in total. The Morgan fingerprint density at radius 1 is 0.630 bits per heavy atom. The lowest BCUT2D eigenvalue weighted by molar-refractivity contribution is -0.140. The Morgan fingerprint density at radius 2 is 1.07 bits per heavy atom. The van der Waals surface area contributed by atoms with Crippen LogP contribution in [0.2, 0.25) is 0 Å². The van der Waals surface area contributed by atoms with Crippen LogP contribution < -0.4 is 10.6 Å². The third-order valence-electron chi connectivity index (χ3n) is 6.78. The molecule has 2 atom stereocenters. The van der Waals surface area contributed by atoms with Crippen molar-refractivity contribution in [3.8, 4) is 0 Å². The van der Waals surface area contributed by atoms with E-state index < -0.39 is 24.1 Å². The first-order chi connectivity index (χ1) is 22.0. The second-order valence-electron chi connectivity index (χ2n) is 11.9. The van der Waals surface area contributed by atoms with Crippen molar-refractivity contribution in [2.24, 2.45) is 10.8 Å². The number of carbonyl (C=O) groups is 4. The molecule has 0 spiro atoms. The third kappa shape index (κ3) is 21.5. The van der Waals surface area contributed by atoms with Crippen LogP contribution in [0.15, 0.2) is 25.3 Å². The summed E-state index contributed by atoms with van der Waals surface area (Å²) < 4.78 is 41.7. The van der Waals surface area contributed by atoms with Gasteiger partial charge in [0.15, 0.2) is 0 Å². The van der Waals surface area contributed by atoms with E-state index >= 15 is 0 Å². The molecule has 1 rings (SSSR count). The number of hydrogen-bond acceptors (Lipinski definition) is 12. The number of alkyl carbamates (subject to hydrolysis) is 2. The smallest absolute Gasteiger partial charge is 0.407 e. The summed E-state index contributed by atoms with van der Waals surface area (Å²) in [6.07, 6.45) is 4.82. The fourth-order valence-electron chi connectivity index (χ4n) is 5.26. The van der Waals surface area contributed by atoms with E-state index in [0.717, 1.165) is 25.0 Å². The summed E-state index contributed by atoms with van der Waals surface area (Å²) in [5, 5.41) is 5.82. The molecule has 0 saturated heterocycles. The maximum Gasteiger partial charge on any atom is 0.407 e. The van der Waals surface area contributed by atoms with E-state index in [4.69, 9.17) is 37.9 Å². The second-order valence-corrected chi connectivity index (χ2v) is 11.9. The average Bonchev–Trinajstić information content (AvgIpc) is 3.00. The van der Waals surface area contributed by atoms with Gasteiger partial charge in [-0.2, -0.15) is 0 Å². The molecule has 46 heavy (non-hydrogen) atoms. The summed E-state index contributed by atoms with van der Waals surface area (Å²) in [4.78, 5) is 46.5. The van der Waals surface area contributed by atoms with E-state index in [-0.39, 0.29) is 56.5 Å². The zero-order chi connectivity index (χ0) is 34.1. The molecule has 1 saturated carbocycles. The molecule has 2 N–H and O–H groups in total. The van der Waals surface area contributed by atoms with Crippen molar-refractivity contribution in [3.63, 3.8) is 0 Å². The van der Waals surface area contributed by atoms with Crippen LogP contribution in [-0.2, 0) is 47.5 Å². The summed E-state index contributed by atoms with van der Waals surface area (Å²) in [5.41, 5.74) is -0.305. The summed E-state index contributed by atoms with van der Waals surface area (Å²) in [5.74, 6) is -0.962. The molecular formula is C32H54N2O12. The Balaban J connectivity index is 2.15. The molecule has 264 valence electrons. The summed E-state index contributed by atoms with van der Waals surface area (Å²) in [6, 6.07) is -0.109. The van der Waals surface area contributed by atoms with Crippen molar-refractivity contribution in [1.29, 1.82) is 0 Å². The predicted molar refractivity (Wildman–Crippen MR) is 168 cm³/mol. The van der Waals surface area contributed by atoms with Crippen LogP contribution in [-0.4, -0.2) is 116 Å². The van der Waals surface area contributed by atoms with Crippen LogP contribution in [0.3, 0.4) is 0 Å². The Kier molecular flexibility index (Phi) is 21.3. The number of carbonyl (C=O) groups excluding carboxylic acids is 4. The lowest BCUT2D eigenvalue weighted by Gasteiger charge is -2.46. The van der Waals surface area contributed by atoms with E-state index in [2.05, 4.69) is 44.6 Å². The van der Waals surface area contributed by atoms with Crippen molar-refractivity contribution < 1.29 is 57.1 Å². The molecule has 0 aromatic carbocycles. The molecule has 1 fully saturated rings. The fraction of sp³-hybridized carbons (Fsp3) is 0.750. The predicted octanol–water partition coefficient (Wildman–Crippen LogP) is 3.33. The molecule has 1 aliphatic rings. The Hall–Kier alpha value is -3.20. The SMILES string of the molecule is C=CC(=O)OCCOCCCOCCOC(=O)NCC1(C)CC(NC(=O)OCCOCCCOCCOC(=O)C=C)CC(C)(C)C1. The Bertz CT molecular complexity index is 929. The molecule has 2 amide bonds. The van der Waals surface area contributed by atoms with Gasteiger partial charge in [0.1, 0.15) is 26.4 Å². The zero-order valence-electron chi connectivity index (χ0n) is 27.8. The number of amides is 2. The molecule has 14 heteroatoms. The summed E-state index contributed by atoms with van der Waals surface area (Å²) in [7, 11) is 0. The van der Waals surface area contributed by atoms with E-state index in [9.17, 15) is 19.2 Å². The van der Waals surface area contributed by atoms with Crippen molar-refractivity contribution in [3.05, 3.63) is 25.3 Å². The highest BCUT2D eigenvalue weighted by Crippen LogP contribution is 2.45. The van der Waals surface area contributed by atoms with Gasteiger partial charge in [0, 0.05) is 51.2 Å². The van der Waals surface area contributed by atoms with Gasteiger partial charge < -0.3 is 48.5 Å². The van der Waals surface area contributed by atoms with Gasteiger partial charge in [0.2, 0.25) is 0 Å². The molecule has 1 aliphatic carbocycles. The first-order valence-electron chi connectivity index (χ1n) is 15.7. The normalized spacial score (nSPS) is 18.5. The lowest BCUT2D eigenvalue weighted by atomic mass is 9.62. The highest BCUT2D eigenvalue weighted by molar-refractivity contribution is 5.81. The fourth-order valence-corrected chi connectivity index (χ4v) is 5.26. The van der Waals surface area contributed by atoms with Crippen molar-refractivity contribution in [1.82, 2.24) is 10.6 Å². The first kappa shape index (κ1) is 40.8. The standard InChI is InChI=1S/C32H54N2O12/c1-6-27(35)43-18-14-39-10-8-12-41-16-20-45-29(37)33-25-32(5)23-26(22-31(3,4)24-32)34-30(38)46-21-17-42-13-9-11-40-15-19-44-28(36)7-2/h6-7,26H,1-2,8-25H2,3-5H3,(H,33,37)(H,34,38). The maximum atomic E-state index is 12.4. The highest BCUT2D eigenvalue weighted by atomic mass is 16.6. The minimum Gasteiger partial charge on any atom is -0.460 e. The number of hydrogen-bond donors (Lipinski definition) is 2. The molecule has 0 heterocycles. The van der Waals surface area contributed by atoms with E-state index in [0.29, 0.717) is 65.4 Å². The van der Waals surface area contributed by atoms with Gasteiger partial charge in [0.25, 0.3) is 0 Å². The van der Waals surface area contributed by atoms with Gasteiger partial charge >= 0.3 is 24.1 Å². The van der Waals surface area contributed by atoms with E-state index in [1.165, 1.54) is 0 Å². The topological polar surface area (TPSA) is 166 Å². The molecular weight excluding hydrogens is 604 g/mol. The zero-order valence-corrected chi connectivity index (χ0v) is 27.8. The van der Waals surface area contributed by atoms with Crippen molar-refractivity contribution in [2.75, 3.05) is 85.8 Å². The minimum absolute atomic E-state index is 0.0530. The van der Waals surface area contributed by atoms with Crippen molar-refractivity contribution >= 4 is 24.1 Å². The number of ether oxygens (including phenoxy) is 8.